The van der Waals surface area contributed by atoms with Gasteiger partial charge < -0.3 is 29.2 Å². The Kier molecular flexibility index (Phi) is 4.79. The Labute approximate surface area is 190 Å². The molecular formula is C26H22N2O5. The monoisotopic (exact) mass is 442 g/mol. The number of fused-ring (bicyclic) bond motifs is 3. The molecule has 7 nitrogen and oxygen atoms in total. The number of carbonyl (C=O) groups excluding carboxylic acids is 1. The minimum absolute atomic E-state index is 0.0411. The second-order valence-corrected chi connectivity index (χ2v) is 8.12. The van der Waals surface area contributed by atoms with Crippen molar-refractivity contribution in [3.63, 3.8) is 0 Å². The number of aromatic amines is 1. The summed E-state index contributed by atoms with van der Waals surface area (Å²) in [4.78, 5) is 16.4. The van der Waals surface area contributed by atoms with E-state index in [4.69, 9.17) is 18.9 Å². The fourth-order valence-corrected chi connectivity index (χ4v) is 4.43. The van der Waals surface area contributed by atoms with Crippen molar-refractivity contribution in [1.82, 2.24) is 10.3 Å². The summed E-state index contributed by atoms with van der Waals surface area (Å²) in [5.74, 6) is 2.68. The number of amides is 1. The van der Waals surface area contributed by atoms with E-state index in [9.17, 15) is 4.79 Å². The van der Waals surface area contributed by atoms with Gasteiger partial charge in [0, 0.05) is 36.0 Å². The summed E-state index contributed by atoms with van der Waals surface area (Å²) in [6.07, 6.45) is 2.29. The zero-order valence-corrected chi connectivity index (χ0v) is 17.8. The molecule has 1 atom stereocenters. The van der Waals surface area contributed by atoms with Crippen LogP contribution in [0.25, 0.3) is 10.9 Å². The van der Waals surface area contributed by atoms with Gasteiger partial charge in [0.05, 0.1) is 0 Å². The van der Waals surface area contributed by atoms with E-state index in [-0.39, 0.29) is 25.4 Å². The molecule has 1 aromatic heterocycles. The number of rotatable bonds is 6. The normalized spacial score (nSPS) is 14.4. The molecular weight excluding hydrogens is 420 g/mol. The molecule has 0 aliphatic carbocycles. The molecule has 3 aromatic carbocycles. The van der Waals surface area contributed by atoms with Crippen LogP contribution < -0.4 is 24.3 Å². The van der Waals surface area contributed by atoms with Crippen LogP contribution in [-0.2, 0) is 11.3 Å². The molecule has 33 heavy (non-hydrogen) atoms. The minimum atomic E-state index is -0.146. The van der Waals surface area contributed by atoms with Crippen LogP contribution in [0.5, 0.6) is 23.0 Å². The molecule has 0 saturated heterocycles. The van der Waals surface area contributed by atoms with Crippen molar-refractivity contribution < 1.29 is 23.7 Å². The molecule has 0 fully saturated rings. The number of hydrogen-bond acceptors (Lipinski definition) is 5. The van der Waals surface area contributed by atoms with E-state index in [2.05, 4.69) is 16.4 Å². The summed E-state index contributed by atoms with van der Waals surface area (Å²) >= 11 is 0. The maximum atomic E-state index is 13.1. The van der Waals surface area contributed by atoms with E-state index in [0.29, 0.717) is 24.5 Å². The Balaban J connectivity index is 1.26. The van der Waals surface area contributed by atoms with Gasteiger partial charge in [0.15, 0.2) is 23.0 Å². The van der Waals surface area contributed by atoms with Crippen molar-refractivity contribution in [2.75, 3.05) is 13.6 Å². The lowest BCUT2D eigenvalue weighted by atomic mass is 9.87. The maximum Gasteiger partial charge on any atom is 0.231 e. The zero-order chi connectivity index (χ0) is 22.2. The van der Waals surface area contributed by atoms with Gasteiger partial charge >= 0.3 is 0 Å². The third-order valence-corrected chi connectivity index (χ3v) is 6.11. The predicted molar refractivity (Wildman–Crippen MR) is 122 cm³/mol. The molecule has 7 heteroatoms. The summed E-state index contributed by atoms with van der Waals surface area (Å²) in [6.45, 7) is 0.858. The first-order valence-corrected chi connectivity index (χ1v) is 10.9. The van der Waals surface area contributed by atoms with E-state index in [1.165, 1.54) is 0 Å². The lowest BCUT2D eigenvalue weighted by Crippen LogP contribution is -2.25. The van der Waals surface area contributed by atoms with Crippen LogP contribution in [0.3, 0.4) is 0 Å². The summed E-state index contributed by atoms with van der Waals surface area (Å²) in [6, 6.07) is 19.7. The average Bonchev–Trinajstić information content (AvgIpc) is 3.59. The van der Waals surface area contributed by atoms with Crippen LogP contribution in [0.2, 0.25) is 0 Å². The molecule has 3 heterocycles. The van der Waals surface area contributed by atoms with Crippen molar-refractivity contribution >= 4 is 16.8 Å². The number of aromatic nitrogens is 1. The third kappa shape index (κ3) is 3.71. The van der Waals surface area contributed by atoms with Gasteiger partial charge in [-0.3, -0.25) is 4.79 Å². The van der Waals surface area contributed by atoms with Gasteiger partial charge in [0.1, 0.15) is 0 Å². The first kappa shape index (κ1) is 19.5. The highest BCUT2D eigenvalue weighted by Crippen LogP contribution is 2.39. The first-order chi connectivity index (χ1) is 16.2. The summed E-state index contributed by atoms with van der Waals surface area (Å²) in [5.41, 5.74) is 4.07. The van der Waals surface area contributed by atoms with Crippen LogP contribution in [0, 0.1) is 0 Å². The molecule has 0 saturated carbocycles. The Morgan fingerprint density at radius 1 is 0.879 bits per heavy atom. The molecule has 0 spiro atoms. The molecule has 2 aliphatic rings. The number of benzene rings is 3. The highest BCUT2D eigenvalue weighted by atomic mass is 16.7. The Morgan fingerprint density at radius 2 is 1.61 bits per heavy atom. The SMILES string of the molecule is O=C(CC(c1ccc2c(c1)OCO2)c1c[nH]c2ccccc12)NCc1ccc2c(c1)OCO2. The summed E-state index contributed by atoms with van der Waals surface area (Å²) in [7, 11) is 0. The minimum Gasteiger partial charge on any atom is -0.454 e. The summed E-state index contributed by atoms with van der Waals surface area (Å²) < 4.78 is 21.8. The molecule has 166 valence electrons. The van der Waals surface area contributed by atoms with Crippen molar-refractivity contribution in [2.45, 2.75) is 18.9 Å². The van der Waals surface area contributed by atoms with Crippen molar-refractivity contribution in [3.05, 3.63) is 83.6 Å². The van der Waals surface area contributed by atoms with Gasteiger partial charge in [-0.15, -0.1) is 0 Å². The van der Waals surface area contributed by atoms with E-state index in [1.54, 1.807) is 0 Å². The van der Waals surface area contributed by atoms with Crippen LogP contribution >= 0.6 is 0 Å². The molecule has 0 radical (unpaired) electrons. The van der Waals surface area contributed by atoms with Gasteiger partial charge in [0.2, 0.25) is 19.5 Å². The predicted octanol–water partition coefficient (Wildman–Crippen LogP) is 4.46. The van der Waals surface area contributed by atoms with Crippen molar-refractivity contribution in [1.29, 1.82) is 0 Å². The molecule has 4 aromatic rings. The smallest absolute Gasteiger partial charge is 0.231 e. The number of ether oxygens (including phenoxy) is 4. The Bertz CT molecular complexity index is 1350. The molecule has 6 rings (SSSR count). The van der Waals surface area contributed by atoms with E-state index in [0.717, 1.165) is 39.1 Å². The van der Waals surface area contributed by atoms with Crippen molar-refractivity contribution in [3.8, 4) is 23.0 Å². The summed E-state index contributed by atoms with van der Waals surface area (Å²) in [5, 5.41) is 4.15. The largest absolute Gasteiger partial charge is 0.454 e. The van der Waals surface area contributed by atoms with Gasteiger partial charge in [-0.2, -0.15) is 0 Å². The fourth-order valence-electron chi connectivity index (χ4n) is 4.43. The molecule has 1 unspecified atom stereocenters. The second-order valence-electron chi connectivity index (χ2n) is 8.12. The zero-order valence-electron chi connectivity index (χ0n) is 17.8. The third-order valence-electron chi connectivity index (χ3n) is 6.11. The molecule has 2 aliphatic heterocycles. The molecule has 2 N–H and O–H groups in total. The second kappa shape index (κ2) is 8.09. The van der Waals surface area contributed by atoms with Gasteiger partial charge in [-0.25, -0.2) is 0 Å². The number of H-pyrrole nitrogens is 1. The Morgan fingerprint density at radius 3 is 2.45 bits per heavy atom. The van der Waals surface area contributed by atoms with Gasteiger partial charge in [0.25, 0.3) is 0 Å². The standard InChI is InChI=1S/C26H22N2O5/c29-26(28-12-16-5-7-22-24(9-16)32-14-30-22)11-19(17-6-8-23-25(10-17)33-15-31-23)20-13-27-21-4-2-1-3-18(20)21/h1-10,13,19,27H,11-12,14-15H2,(H,28,29). The van der Waals surface area contributed by atoms with Crippen LogP contribution in [0.1, 0.15) is 29.0 Å². The van der Waals surface area contributed by atoms with Gasteiger partial charge in [-0.05, 0) is 47.0 Å². The number of nitrogens with one attached hydrogen (secondary N) is 2. The lowest BCUT2D eigenvalue weighted by Gasteiger charge is -2.18. The van der Waals surface area contributed by atoms with E-state index >= 15 is 0 Å². The lowest BCUT2D eigenvalue weighted by molar-refractivity contribution is -0.121. The van der Waals surface area contributed by atoms with Crippen LogP contribution in [-0.4, -0.2) is 24.5 Å². The maximum absolute atomic E-state index is 13.1. The topological polar surface area (TPSA) is 81.8 Å². The average molecular weight is 442 g/mol. The van der Waals surface area contributed by atoms with Crippen LogP contribution in [0.4, 0.5) is 0 Å². The first-order valence-electron chi connectivity index (χ1n) is 10.9. The van der Waals surface area contributed by atoms with Gasteiger partial charge in [-0.1, -0.05) is 30.3 Å². The highest BCUT2D eigenvalue weighted by Gasteiger charge is 2.24. The quantitative estimate of drug-likeness (QED) is 0.461. The number of para-hydroxylation sites is 1. The fraction of sp³-hybridized carbons (Fsp3) is 0.192. The van der Waals surface area contributed by atoms with E-state index < -0.39 is 0 Å². The number of hydrogen-bond donors (Lipinski definition) is 2. The molecule has 1 amide bonds. The van der Waals surface area contributed by atoms with E-state index in [1.807, 2.05) is 60.8 Å². The Hall–Kier alpha value is -4.13. The van der Waals surface area contributed by atoms with Crippen LogP contribution in [0.15, 0.2) is 66.9 Å². The van der Waals surface area contributed by atoms with Crippen molar-refractivity contribution in [2.24, 2.45) is 0 Å². The number of carbonyl (C=O) groups is 1. The highest BCUT2D eigenvalue weighted by molar-refractivity contribution is 5.86. The molecule has 0 bridgehead atoms.